The number of hydrogen-bond donors (Lipinski definition) is 1. The van der Waals surface area contributed by atoms with Crippen molar-refractivity contribution in [1.82, 2.24) is 10.2 Å². The maximum atomic E-state index is 13.4. The van der Waals surface area contributed by atoms with Crippen molar-refractivity contribution in [2.75, 3.05) is 6.54 Å². The van der Waals surface area contributed by atoms with Crippen LogP contribution in [0.4, 0.5) is 13.6 Å². The van der Waals surface area contributed by atoms with E-state index >= 15 is 0 Å². The third-order valence-corrected chi connectivity index (χ3v) is 4.54. The number of nitrogens with zero attached hydrogens (tertiary/aromatic N) is 1. The summed E-state index contributed by atoms with van der Waals surface area (Å²) in [6, 6.07) is 2.97. The van der Waals surface area contributed by atoms with Gasteiger partial charge in [-0.05, 0) is 65.2 Å². The van der Waals surface area contributed by atoms with Gasteiger partial charge in [0.1, 0.15) is 11.1 Å². The van der Waals surface area contributed by atoms with Crippen molar-refractivity contribution in [1.29, 1.82) is 0 Å². The molecule has 5 nitrogen and oxygen atoms in total. The summed E-state index contributed by atoms with van der Waals surface area (Å²) < 4.78 is 31.9. The summed E-state index contributed by atoms with van der Waals surface area (Å²) in [5.74, 6) is -2.25. The van der Waals surface area contributed by atoms with Crippen molar-refractivity contribution in [3.63, 3.8) is 0 Å². The number of ether oxygens (including phenoxy) is 1. The van der Waals surface area contributed by atoms with Crippen LogP contribution >= 0.6 is 0 Å². The number of amides is 2. The predicted octanol–water partition coefficient (Wildman–Crippen LogP) is 3.93. The van der Waals surface area contributed by atoms with Crippen LogP contribution in [0.15, 0.2) is 18.2 Å². The lowest BCUT2D eigenvalue weighted by Gasteiger charge is -2.35. The van der Waals surface area contributed by atoms with Gasteiger partial charge in [-0.3, -0.25) is 9.69 Å². The van der Waals surface area contributed by atoms with Crippen LogP contribution in [-0.2, 0) is 9.53 Å². The van der Waals surface area contributed by atoms with Gasteiger partial charge in [0.05, 0.1) is 6.04 Å². The number of carbonyl (C=O) groups excluding carboxylic acids is 2. The lowest BCUT2D eigenvalue weighted by Crippen LogP contribution is -2.56. The minimum absolute atomic E-state index is 0.349. The highest BCUT2D eigenvalue weighted by atomic mass is 19.2. The van der Waals surface area contributed by atoms with E-state index in [1.165, 1.54) is 11.0 Å². The Morgan fingerprint density at radius 2 is 1.92 bits per heavy atom. The van der Waals surface area contributed by atoms with Gasteiger partial charge in [0.25, 0.3) is 0 Å². The molecule has 0 saturated carbocycles. The van der Waals surface area contributed by atoms with Crippen LogP contribution in [0.1, 0.15) is 59.1 Å². The van der Waals surface area contributed by atoms with Crippen molar-refractivity contribution in [3.05, 3.63) is 35.4 Å². The lowest BCUT2D eigenvalue weighted by atomic mass is 9.96. The van der Waals surface area contributed by atoms with E-state index in [4.69, 9.17) is 4.74 Å². The van der Waals surface area contributed by atoms with E-state index in [9.17, 15) is 18.4 Å². The monoisotopic (exact) mass is 368 g/mol. The van der Waals surface area contributed by atoms with E-state index in [-0.39, 0.29) is 5.91 Å². The second-order valence-corrected chi connectivity index (χ2v) is 7.88. The lowest BCUT2D eigenvalue weighted by molar-refractivity contribution is -0.131. The highest BCUT2D eigenvalue weighted by Gasteiger charge is 2.47. The molecule has 0 aromatic heterocycles. The Bertz CT molecular complexity index is 703. The molecular weight excluding hydrogens is 342 g/mol. The number of nitrogens with one attached hydrogen (secondary N) is 1. The summed E-state index contributed by atoms with van der Waals surface area (Å²) in [5.41, 5.74) is -1.26. The van der Waals surface area contributed by atoms with Gasteiger partial charge in [-0.15, -0.1) is 0 Å². The SMILES string of the molecule is C[C@H](NC(=O)[C@@]1(C)CCCN1C(=O)OC(C)(C)C)c1ccc(F)c(F)c1. The van der Waals surface area contributed by atoms with Crippen LogP contribution in [-0.4, -0.2) is 34.6 Å². The molecule has 0 radical (unpaired) electrons. The van der Waals surface area contributed by atoms with Gasteiger partial charge in [0.2, 0.25) is 5.91 Å². The molecule has 0 spiro atoms. The molecule has 1 aliphatic heterocycles. The van der Waals surface area contributed by atoms with Gasteiger partial charge in [-0.25, -0.2) is 13.6 Å². The predicted molar refractivity (Wildman–Crippen MR) is 93.5 cm³/mol. The highest BCUT2D eigenvalue weighted by molar-refractivity contribution is 5.90. The number of carbonyl (C=O) groups is 2. The van der Waals surface area contributed by atoms with Crippen LogP contribution in [0.3, 0.4) is 0 Å². The minimum Gasteiger partial charge on any atom is -0.444 e. The van der Waals surface area contributed by atoms with Crippen molar-refractivity contribution in [2.24, 2.45) is 0 Å². The zero-order valence-electron chi connectivity index (χ0n) is 15.9. The summed E-state index contributed by atoms with van der Waals surface area (Å²) in [7, 11) is 0. The number of hydrogen-bond acceptors (Lipinski definition) is 3. The molecule has 2 rings (SSSR count). The Balaban J connectivity index is 2.13. The first-order valence-electron chi connectivity index (χ1n) is 8.70. The molecule has 2 atom stereocenters. The van der Waals surface area contributed by atoms with Gasteiger partial charge in [0, 0.05) is 6.54 Å². The largest absolute Gasteiger partial charge is 0.444 e. The Morgan fingerprint density at radius 3 is 2.50 bits per heavy atom. The molecule has 0 bridgehead atoms. The molecule has 0 unspecified atom stereocenters. The molecule has 0 aliphatic carbocycles. The Hall–Kier alpha value is -2.18. The van der Waals surface area contributed by atoms with Crippen LogP contribution in [0.5, 0.6) is 0 Å². The van der Waals surface area contributed by atoms with Gasteiger partial charge in [-0.1, -0.05) is 6.07 Å². The first-order valence-corrected chi connectivity index (χ1v) is 8.70. The summed E-state index contributed by atoms with van der Waals surface area (Å²) in [6.45, 7) is 9.10. The van der Waals surface area contributed by atoms with E-state index in [1.807, 2.05) is 0 Å². The third kappa shape index (κ3) is 4.31. The number of halogens is 2. The summed E-state index contributed by atoms with van der Waals surface area (Å²) in [6.07, 6.45) is 0.652. The topological polar surface area (TPSA) is 58.6 Å². The smallest absolute Gasteiger partial charge is 0.411 e. The molecule has 1 N–H and O–H groups in total. The minimum atomic E-state index is -1.05. The fourth-order valence-corrected chi connectivity index (χ4v) is 3.03. The van der Waals surface area contributed by atoms with Gasteiger partial charge in [0.15, 0.2) is 11.6 Å². The second-order valence-electron chi connectivity index (χ2n) is 7.88. The molecule has 144 valence electrons. The third-order valence-electron chi connectivity index (χ3n) is 4.54. The van der Waals surface area contributed by atoms with Gasteiger partial charge in [-0.2, -0.15) is 0 Å². The average Bonchev–Trinajstić information content (AvgIpc) is 2.91. The summed E-state index contributed by atoms with van der Waals surface area (Å²) in [5, 5.41) is 2.80. The Kier molecular flexibility index (Phi) is 5.58. The highest BCUT2D eigenvalue weighted by Crippen LogP contribution is 2.31. The number of benzene rings is 1. The summed E-state index contributed by atoms with van der Waals surface area (Å²) >= 11 is 0. The van der Waals surface area contributed by atoms with Gasteiger partial charge >= 0.3 is 6.09 Å². The van der Waals surface area contributed by atoms with Crippen molar-refractivity contribution in [2.45, 2.75) is 64.6 Å². The number of rotatable bonds is 3. The van der Waals surface area contributed by atoms with Crippen molar-refractivity contribution in [3.8, 4) is 0 Å². The molecule has 1 fully saturated rings. The molecule has 1 saturated heterocycles. The molecule has 1 aliphatic rings. The molecule has 1 aromatic carbocycles. The van der Waals surface area contributed by atoms with Gasteiger partial charge < -0.3 is 10.1 Å². The van der Waals surface area contributed by atoms with E-state index in [0.717, 1.165) is 12.1 Å². The molecule has 26 heavy (non-hydrogen) atoms. The maximum Gasteiger partial charge on any atom is 0.411 e. The Labute approximate surface area is 152 Å². The standard InChI is InChI=1S/C19H26F2N2O3/c1-12(13-7-8-14(20)15(21)11-13)22-16(24)19(5)9-6-10-23(19)17(25)26-18(2,3)4/h7-8,11-12H,6,9-10H2,1-5H3,(H,22,24)/t12-,19+/m0/s1. The number of likely N-dealkylation sites (tertiary alicyclic amines) is 1. The van der Waals surface area contributed by atoms with E-state index in [0.29, 0.717) is 24.9 Å². The first kappa shape index (κ1) is 20.1. The maximum absolute atomic E-state index is 13.4. The van der Waals surface area contributed by atoms with Crippen LogP contribution in [0.25, 0.3) is 0 Å². The van der Waals surface area contributed by atoms with Crippen LogP contribution in [0.2, 0.25) is 0 Å². The fourth-order valence-electron chi connectivity index (χ4n) is 3.03. The first-order chi connectivity index (χ1) is 11.9. The van der Waals surface area contributed by atoms with E-state index in [2.05, 4.69) is 5.32 Å². The fraction of sp³-hybridized carbons (Fsp3) is 0.579. The zero-order valence-corrected chi connectivity index (χ0v) is 15.9. The van der Waals surface area contributed by atoms with E-state index in [1.54, 1.807) is 34.6 Å². The molecule has 1 heterocycles. The van der Waals surface area contributed by atoms with Crippen LogP contribution in [0, 0.1) is 11.6 Å². The molecule has 7 heteroatoms. The molecular formula is C19H26F2N2O3. The summed E-state index contributed by atoms with van der Waals surface area (Å²) in [4.78, 5) is 26.7. The molecule has 2 amide bonds. The zero-order chi connectivity index (χ0) is 19.7. The normalized spacial score (nSPS) is 21.4. The van der Waals surface area contributed by atoms with Crippen molar-refractivity contribution >= 4 is 12.0 Å². The van der Waals surface area contributed by atoms with Crippen LogP contribution < -0.4 is 5.32 Å². The average molecular weight is 368 g/mol. The second kappa shape index (κ2) is 7.21. The quantitative estimate of drug-likeness (QED) is 0.879. The van der Waals surface area contributed by atoms with E-state index < -0.39 is 34.9 Å². The van der Waals surface area contributed by atoms with Crippen molar-refractivity contribution < 1.29 is 23.1 Å². The Morgan fingerprint density at radius 1 is 1.27 bits per heavy atom. The molecule has 1 aromatic rings.